The number of amides is 2. The fourth-order valence-electron chi connectivity index (χ4n) is 3.20. The minimum Gasteiger partial charge on any atom is -0.349 e. The van der Waals surface area contributed by atoms with Crippen LogP contribution >= 0.6 is 11.3 Å². The van der Waals surface area contributed by atoms with Crippen LogP contribution in [0.25, 0.3) is 0 Å². The molecule has 2 amide bonds. The highest BCUT2D eigenvalue weighted by atomic mass is 32.1. The lowest BCUT2D eigenvalue weighted by molar-refractivity contribution is -0.125. The molecule has 0 aliphatic heterocycles. The molecule has 1 heterocycles. The molecular weight excluding hydrogens is 348 g/mol. The van der Waals surface area contributed by atoms with Crippen LogP contribution in [0.4, 0.5) is 5.13 Å². The van der Waals surface area contributed by atoms with Crippen molar-refractivity contribution in [3.05, 3.63) is 40.4 Å². The number of carbonyl (C=O) groups is 2. The van der Waals surface area contributed by atoms with Crippen LogP contribution in [0, 0.1) is 0 Å². The molecule has 6 nitrogen and oxygen atoms in total. The lowest BCUT2D eigenvalue weighted by atomic mass is 9.87. The fourth-order valence-corrected chi connectivity index (χ4v) is 4.06. The second-order valence-electron chi connectivity index (χ2n) is 6.51. The van der Waals surface area contributed by atoms with Crippen LogP contribution < -0.4 is 10.6 Å². The quantitative estimate of drug-likeness (QED) is 0.780. The highest BCUT2D eigenvalue weighted by molar-refractivity contribution is 7.15. The summed E-state index contributed by atoms with van der Waals surface area (Å²) in [5.74, 6) is -0.297. The SMILES string of the molecule is CCCc1nnc(NC(=O)CCC(=O)N[C@H]2CCCc3ccccc32)s1. The molecule has 0 bridgehead atoms. The van der Waals surface area contributed by atoms with Gasteiger partial charge in [-0.25, -0.2) is 0 Å². The normalized spacial score (nSPS) is 16.0. The topological polar surface area (TPSA) is 84.0 Å². The van der Waals surface area contributed by atoms with Crippen LogP contribution in [0.3, 0.4) is 0 Å². The summed E-state index contributed by atoms with van der Waals surface area (Å²) in [6.45, 7) is 2.07. The van der Waals surface area contributed by atoms with Crippen molar-refractivity contribution in [2.24, 2.45) is 0 Å². The van der Waals surface area contributed by atoms with E-state index in [0.717, 1.165) is 37.1 Å². The molecule has 1 aromatic heterocycles. The molecule has 0 radical (unpaired) electrons. The van der Waals surface area contributed by atoms with Gasteiger partial charge in [0.1, 0.15) is 5.01 Å². The molecule has 2 aromatic rings. The Labute approximate surface area is 157 Å². The molecule has 7 heteroatoms. The summed E-state index contributed by atoms with van der Waals surface area (Å²) in [6, 6.07) is 8.29. The minimum atomic E-state index is -0.205. The van der Waals surface area contributed by atoms with E-state index in [1.165, 1.54) is 22.5 Å². The van der Waals surface area contributed by atoms with E-state index in [1.807, 2.05) is 12.1 Å². The number of fused-ring (bicyclic) bond motifs is 1. The third-order valence-corrected chi connectivity index (χ3v) is 5.36. The number of rotatable bonds is 7. The Bertz CT molecular complexity index is 774. The summed E-state index contributed by atoms with van der Waals surface area (Å²) < 4.78 is 0. The van der Waals surface area contributed by atoms with E-state index in [0.29, 0.717) is 5.13 Å². The van der Waals surface area contributed by atoms with E-state index >= 15 is 0 Å². The monoisotopic (exact) mass is 372 g/mol. The fraction of sp³-hybridized carbons (Fsp3) is 0.474. The first-order chi connectivity index (χ1) is 12.7. The summed E-state index contributed by atoms with van der Waals surface area (Å²) in [6.07, 6.45) is 5.24. The highest BCUT2D eigenvalue weighted by Crippen LogP contribution is 2.29. The Morgan fingerprint density at radius 1 is 1.19 bits per heavy atom. The second kappa shape index (κ2) is 8.89. The first-order valence-corrected chi connectivity index (χ1v) is 9.96. The van der Waals surface area contributed by atoms with Crippen LogP contribution in [-0.4, -0.2) is 22.0 Å². The van der Waals surface area contributed by atoms with Crippen LogP contribution in [0.5, 0.6) is 0 Å². The first kappa shape index (κ1) is 18.5. The van der Waals surface area contributed by atoms with Crippen LogP contribution in [-0.2, 0) is 22.4 Å². The van der Waals surface area contributed by atoms with Crippen molar-refractivity contribution < 1.29 is 9.59 Å². The van der Waals surface area contributed by atoms with E-state index in [-0.39, 0.29) is 30.7 Å². The van der Waals surface area contributed by atoms with E-state index in [1.54, 1.807) is 0 Å². The first-order valence-electron chi connectivity index (χ1n) is 9.15. The second-order valence-corrected chi connectivity index (χ2v) is 7.57. The van der Waals surface area contributed by atoms with Crippen molar-refractivity contribution in [3.63, 3.8) is 0 Å². The Balaban J connectivity index is 1.46. The third-order valence-electron chi connectivity index (χ3n) is 4.46. The minimum absolute atomic E-state index is 0.0512. The number of benzene rings is 1. The molecule has 26 heavy (non-hydrogen) atoms. The largest absolute Gasteiger partial charge is 0.349 e. The average molecular weight is 372 g/mol. The Morgan fingerprint density at radius 3 is 2.85 bits per heavy atom. The van der Waals surface area contributed by atoms with Gasteiger partial charge < -0.3 is 10.6 Å². The number of nitrogens with zero attached hydrogens (tertiary/aromatic N) is 2. The number of nitrogens with one attached hydrogen (secondary N) is 2. The van der Waals surface area contributed by atoms with Gasteiger partial charge in [0.25, 0.3) is 0 Å². The van der Waals surface area contributed by atoms with Gasteiger partial charge in [0.05, 0.1) is 6.04 Å². The van der Waals surface area contributed by atoms with Crippen molar-refractivity contribution in [2.75, 3.05) is 5.32 Å². The summed E-state index contributed by atoms with van der Waals surface area (Å²) in [5.41, 5.74) is 2.51. The molecule has 0 fully saturated rings. The molecule has 0 saturated heterocycles. The smallest absolute Gasteiger partial charge is 0.226 e. The zero-order valence-electron chi connectivity index (χ0n) is 15.0. The molecule has 1 aromatic carbocycles. The van der Waals surface area contributed by atoms with E-state index in [9.17, 15) is 9.59 Å². The van der Waals surface area contributed by atoms with Crippen LogP contribution in [0.1, 0.15) is 61.2 Å². The Kier molecular flexibility index (Phi) is 6.33. The number of aromatic nitrogens is 2. The maximum absolute atomic E-state index is 12.3. The average Bonchev–Trinajstić information content (AvgIpc) is 3.08. The molecule has 1 aliphatic carbocycles. The van der Waals surface area contributed by atoms with Crippen molar-refractivity contribution in [3.8, 4) is 0 Å². The van der Waals surface area contributed by atoms with Crippen LogP contribution in [0.15, 0.2) is 24.3 Å². The summed E-state index contributed by atoms with van der Waals surface area (Å²) >= 11 is 1.39. The predicted molar refractivity (Wildman–Crippen MR) is 102 cm³/mol. The number of carbonyl (C=O) groups excluding carboxylic acids is 2. The number of hydrogen-bond donors (Lipinski definition) is 2. The van der Waals surface area contributed by atoms with Gasteiger partial charge in [-0.1, -0.05) is 42.5 Å². The molecular formula is C19H24N4O2S. The molecule has 0 saturated carbocycles. The standard InChI is InChI=1S/C19H24N4O2S/c1-2-6-18-22-23-19(26-18)21-17(25)12-11-16(24)20-15-10-5-8-13-7-3-4-9-14(13)15/h3-4,7,9,15H,2,5-6,8,10-12H2,1H3,(H,20,24)(H,21,23,25)/t15-/m0/s1. The van der Waals surface area contributed by atoms with Crippen molar-refractivity contribution in [1.82, 2.24) is 15.5 Å². The van der Waals surface area contributed by atoms with E-state index in [2.05, 4.69) is 39.9 Å². The molecule has 1 atom stereocenters. The predicted octanol–water partition coefficient (Wildman–Crippen LogP) is 3.40. The van der Waals surface area contributed by atoms with Gasteiger partial charge in [-0.3, -0.25) is 9.59 Å². The van der Waals surface area contributed by atoms with Gasteiger partial charge in [-0.15, -0.1) is 10.2 Å². The Morgan fingerprint density at radius 2 is 2.00 bits per heavy atom. The summed E-state index contributed by atoms with van der Waals surface area (Å²) in [4.78, 5) is 24.3. The van der Waals surface area contributed by atoms with Crippen LogP contribution in [0.2, 0.25) is 0 Å². The molecule has 138 valence electrons. The molecule has 2 N–H and O–H groups in total. The summed E-state index contributed by atoms with van der Waals surface area (Å²) in [7, 11) is 0. The zero-order chi connectivity index (χ0) is 18.4. The summed E-state index contributed by atoms with van der Waals surface area (Å²) in [5, 5.41) is 15.2. The molecule has 3 rings (SSSR count). The number of anilines is 1. The Hall–Kier alpha value is -2.28. The van der Waals surface area contributed by atoms with E-state index < -0.39 is 0 Å². The number of aryl methyl sites for hydroxylation is 2. The molecule has 0 spiro atoms. The van der Waals surface area contributed by atoms with Crippen molar-refractivity contribution in [1.29, 1.82) is 0 Å². The lowest BCUT2D eigenvalue weighted by Crippen LogP contribution is -2.31. The highest BCUT2D eigenvalue weighted by Gasteiger charge is 2.21. The zero-order valence-corrected chi connectivity index (χ0v) is 15.8. The van der Waals surface area contributed by atoms with E-state index in [4.69, 9.17) is 0 Å². The van der Waals surface area contributed by atoms with Crippen molar-refractivity contribution >= 4 is 28.3 Å². The van der Waals surface area contributed by atoms with Gasteiger partial charge in [-0.05, 0) is 36.8 Å². The van der Waals surface area contributed by atoms with Gasteiger partial charge in [0.15, 0.2) is 0 Å². The van der Waals surface area contributed by atoms with Gasteiger partial charge in [0, 0.05) is 19.3 Å². The third kappa shape index (κ3) is 4.88. The molecule has 0 unspecified atom stereocenters. The maximum atomic E-state index is 12.3. The van der Waals surface area contributed by atoms with Gasteiger partial charge in [0.2, 0.25) is 16.9 Å². The maximum Gasteiger partial charge on any atom is 0.226 e. The number of hydrogen-bond acceptors (Lipinski definition) is 5. The molecule has 1 aliphatic rings. The lowest BCUT2D eigenvalue weighted by Gasteiger charge is -2.26. The van der Waals surface area contributed by atoms with Gasteiger partial charge >= 0.3 is 0 Å². The van der Waals surface area contributed by atoms with Gasteiger partial charge in [-0.2, -0.15) is 0 Å². The van der Waals surface area contributed by atoms with Crippen molar-refractivity contribution in [2.45, 2.75) is 57.9 Å².